The monoisotopic (exact) mass is 624 g/mol. The van der Waals surface area contributed by atoms with Crippen LogP contribution in [0.1, 0.15) is 46.0 Å². The molecule has 7 rings (SSSR count). The number of aromatic nitrogens is 2. The minimum atomic E-state index is -0.494. The number of nitrogens with zero attached hydrogens (tertiary/aromatic N) is 2. The standard InChI is InChI=1S/C34H28N2O10/c1-3-39-33(37)23-9-19-11-29-31(45-17-43-29)13-25(19)35-27(23)15-41-21-5-7-22(8-6-21)42-16-28-24(34(38)40-4-2)10-20-12-30-32(46-18-44-30)14-26(20)36-28/h5-14H,3-4,15-18H2,1-2H3. The van der Waals surface area contributed by atoms with Crippen LogP contribution >= 0.6 is 0 Å². The summed E-state index contributed by atoms with van der Waals surface area (Å²) in [6, 6.07) is 17.5. The van der Waals surface area contributed by atoms with Gasteiger partial charge >= 0.3 is 11.9 Å². The molecule has 0 unspecified atom stereocenters. The Balaban J connectivity index is 1.08. The molecule has 0 spiro atoms. The fraction of sp³-hybridized carbons (Fsp3) is 0.235. The molecule has 4 heterocycles. The van der Waals surface area contributed by atoms with E-state index in [2.05, 4.69) is 9.97 Å². The third kappa shape index (κ3) is 5.72. The van der Waals surface area contributed by atoms with E-state index in [-0.39, 0.29) is 40.0 Å². The molecule has 12 heteroatoms. The summed E-state index contributed by atoms with van der Waals surface area (Å²) >= 11 is 0. The lowest BCUT2D eigenvalue weighted by Crippen LogP contribution is -2.12. The first-order valence-electron chi connectivity index (χ1n) is 14.7. The van der Waals surface area contributed by atoms with Crippen molar-refractivity contribution in [3.8, 4) is 34.5 Å². The molecule has 12 nitrogen and oxygen atoms in total. The van der Waals surface area contributed by atoms with Gasteiger partial charge in [0.25, 0.3) is 0 Å². The minimum absolute atomic E-state index is 0.0150. The van der Waals surface area contributed by atoms with Crippen LogP contribution in [0.25, 0.3) is 21.8 Å². The third-order valence-electron chi connectivity index (χ3n) is 7.34. The number of fused-ring (bicyclic) bond motifs is 4. The molecule has 0 saturated carbocycles. The van der Waals surface area contributed by atoms with Gasteiger partial charge in [0.05, 0.1) is 46.8 Å². The molecule has 0 amide bonds. The van der Waals surface area contributed by atoms with Crippen LogP contribution in [-0.4, -0.2) is 48.7 Å². The number of esters is 2. The lowest BCUT2D eigenvalue weighted by atomic mass is 10.1. The molecule has 0 atom stereocenters. The third-order valence-corrected chi connectivity index (χ3v) is 7.34. The smallest absolute Gasteiger partial charge is 0.340 e. The second-order valence-electron chi connectivity index (χ2n) is 10.3. The van der Waals surface area contributed by atoms with Gasteiger partial charge in [0.2, 0.25) is 13.6 Å². The zero-order valence-corrected chi connectivity index (χ0v) is 25.0. The average molecular weight is 625 g/mol. The van der Waals surface area contributed by atoms with Gasteiger partial charge in [-0.05, 0) is 62.4 Å². The number of pyridine rings is 2. The predicted octanol–water partition coefficient (Wildman–Crippen LogP) is 5.75. The van der Waals surface area contributed by atoms with Crippen molar-refractivity contribution in [1.29, 1.82) is 0 Å². The Kier molecular flexibility index (Phi) is 7.75. The zero-order valence-electron chi connectivity index (χ0n) is 25.0. The van der Waals surface area contributed by atoms with Crippen LogP contribution in [0.3, 0.4) is 0 Å². The van der Waals surface area contributed by atoms with Crippen LogP contribution in [0.2, 0.25) is 0 Å². The van der Waals surface area contributed by atoms with E-state index in [9.17, 15) is 9.59 Å². The first-order chi connectivity index (χ1) is 22.5. The number of carbonyl (C=O) groups excluding carboxylic acids is 2. The van der Waals surface area contributed by atoms with E-state index in [1.165, 1.54) is 0 Å². The summed E-state index contributed by atoms with van der Waals surface area (Å²) in [4.78, 5) is 34.9. The molecule has 0 radical (unpaired) electrons. The number of hydrogen-bond donors (Lipinski definition) is 0. The Hall–Kier alpha value is -5.78. The Morgan fingerprint density at radius 2 is 1.00 bits per heavy atom. The summed E-state index contributed by atoms with van der Waals surface area (Å²) in [5.74, 6) is 2.44. The number of ether oxygens (including phenoxy) is 8. The maximum absolute atomic E-state index is 12.8. The van der Waals surface area contributed by atoms with Gasteiger partial charge in [0, 0.05) is 22.9 Å². The SMILES string of the molecule is CCOC(=O)c1cc2cc3c(cc2nc1COc1ccc(OCc2nc4cc5c(cc4cc2C(=O)OCC)OCO5)cc1)OCO3. The van der Waals surface area contributed by atoms with E-state index in [1.807, 2.05) is 0 Å². The van der Waals surface area contributed by atoms with Crippen LogP contribution in [0.15, 0.2) is 60.7 Å². The molecule has 3 aromatic carbocycles. The molecule has 2 aliphatic rings. The lowest BCUT2D eigenvalue weighted by Gasteiger charge is -2.13. The highest BCUT2D eigenvalue weighted by molar-refractivity contribution is 5.97. The molecular weight excluding hydrogens is 596 g/mol. The van der Waals surface area contributed by atoms with E-state index in [0.717, 1.165) is 10.8 Å². The maximum Gasteiger partial charge on any atom is 0.340 e. The zero-order chi connectivity index (χ0) is 31.6. The molecule has 5 aromatic rings. The number of hydrogen-bond acceptors (Lipinski definition) is 12. The summed E-state index contributed by atoms with van der Waals surface area (Å²) < 4.78 is 44.4. The van der Waals surface area contributed by atoms with E-state index < -0.39 is 11.9 Å². The number of rotatable bonds is 10. The highest BCUT2D eigenvalue weighted by atomic mass is 16.7. The minimum Gasteiger partial charge on any atom is -0.487 e. The van der Waals surface area contributed by atoms with Crippen molar-refractivity contribution < 1.29 is 47.5 Å². The van der Waals surface area contributed by atoms with Crippen LogP contribution < -0.4 is 28.4 Å². The van der Waals surface area contributed by atoms with Crippen LogP contribution in [0.5, 0.6) is 34.5 Å². The molecule has 0 aliphatic carbocycles. The highest BCUT2D eigenvalue weighted by Gasteiger charge is 2.22. The van der Waals surface area contributed by atoms with Gasteiger partial charge in [0.1, 0.15) is 24.7 Å². The fourth-order valence-electron chi connectivity index (χ4n) is 5.13. The van der Waals surface area contributed by atoms with E-state index in [1.54, 1.807) is 74.5 Å². The first-order valence-corrected chi connectivity index (χ1v) is 14.7. The van der Waals surface area contributed by atoms with Gasteiger partial charge in [-0.25, -0.2) is 19.6 Å². The molecule has 2 aromatic heterocycles. The lowest BCUT2D eigenvalue weighted by molar-refractivity contribution is 0.0513. The van der Waals surface area contributed by atoms with Gasteiger partial charge in [-0.15, -0.1) is 0 Å². The second kappa shape index (κ2) is 12.3. The topological polar surface area (TPSA) is 134 Å². The quantitative estimate of drug-likeness (QED) is 0.175. The molecular formula is C34H28N2O10. The van der Waals surface area contributed by atoms with E-state index in [0.29, 0.717) is 68.0 Å². The first kappa shape index (κ1) is 29.0. The normalized spacial score (nSPS) is 12.7. The second-order valence-corrected chi connectivity index (χ2v) is 10.3. The van der Waals surface area contributed by atoms with Crippen molar-refractivity contribution >= 4 is 33.7 Å². The summed E-state index contributed by atoms with van der Waals surface area (Å²) in [6.07, 6.45) is 0. The summed E-state index contributed by atoms with van der Waals surface area (Å²) in [6.45, 7) is 4.22. The highest BCUT2D eigenvalue weighted by Crippen LogP contribution is 2.37. The molecule has 46 heavy (non-hydrogen) atoms. The molecule has 234 valence electrons. The predicted molar refractivity (Wildman–Crippen MR) is 163 cm³/mol. The van der Waals surface area contributed by atoms with Crippen molar-refractivity contribution in [2.75, 3.05) is 26.8 Å². The number of benzene rings is 3. The van der Waals surface area contributed by atoms with E-state index >= 15 is 0 Å². The largest absolute Gasteiger partial charge is 0.487 e. The van der Waals surface area contributed by atoms with Gasteiger partial charge in [-0.2, -0.15) is 0 Å². The van der Waals surface area contributed by atoms with Gasteiger partial charge in [-0.3, -0.25) is 0 Å². The van der Waals surface area contributed by atoms with Crippen molar-refractivity contribution in [3.05, 3.63) is 83.2 Å². The van der Waals surface area contributed by atoms with Gasteiger partial charge < -0.3 is 37.9 Å². The van der Waals surface area contributed by atoms with Gasteiger partial charge in [-0.1, -0.05) is 0 Å². The Morgan fingerprint density at radius 3 is 1.39 bits per heavy atom. The Bertz CT molecular complexity index is 1830. The van der Waals surface area contributed by atoms with Crippen molar-refractivity contribution in [3.63, 3.8) is 0 Å². The number of carbonyl (C=O) groups is 2. The summed E-state index contributed by atoms with van der Waals surface area (Å²) in [5, 5.41) is 1.44. The molecule has 0 bridgehead atoms. The molecule has 2 aliphatic heterocycles. The summed E-state index contributed by atoms with van der Waals surface area (Å²) in [7, 11) is 0. The summed E-state index contributed by atoms with van der Waals surface area (Å²) in [5.41, 5.74) is 2.71. The van der Waals surface area contributed by atoms with Crippen LogP contribution in [0.4, 0.5) is 0 Å². The van der Waals surface area contributed by atoms with Crippen LogP contribution in [-0.2, 0) is 22.7 Å². The van der Waals surface area contributed by atoms with Crippen molar-refractivity contribution in [2.24, 2.45) is 0 Å². The van der Waals surface area contributed by atoms with Crippen LogP contribution in [0, 0.1) is 0 Å². The molecule has 0 fully saturated rings. The Labute approximate surface area is 262 Å². The van der Waals surface area contributed by atoms with E-state index in [4.69, 9.17) is 37.9 Å². The molecule has 0 saturated heterocycles. The average Bonchev–Trinajstić information content (AvgIpc) is 3.72. The fourth-order valence-corrected chi connectivity index (χ4v) is 5.13. The Morgan fingerprint density at radius 1 is 0.609 bits per heavy atom. The van der Waals surface area contributed by atoms with Gasteiger partial charge in [0.15, 0.2) is 23.0 Å². The molecule has 0 N–H and O–H groups in total. The maximum atomic E-state index is 12.8. The van der Waals surface area contributed by atoms with Crippen molar-refractivity contribution in [1.82, 2.24) is 9.97 Å². The van der Waals surface area contributed by atoms with Crippen molar-refractivity contribution in [2.45, 2.75) is 27.1 Å².